The van der Waals surface area contributed by atoms with E-state index in [9.17, 15) is 0 Å². The van der Waals surface area contributed by atoms with Gasteiger partial charge >= 0.3 is 0 Å². The van der Waals surface area contributed by atoms with Crippen LogP contribution in [0.15, 0.2) is 122 Å². The molecule has 0 unspecified atom stereocenters. The topological polar surface area (TPSA) is 44.2 Å². The summed E-state index contributed by atoms with van der Waals surface area (Å²) in [5, 5.41) is 0. The minimum atomic E-state index is 0. The number of benzene rings is 4. The Balaban J connectivity index is 0.000000196. The van der Waals surface area contributed by atoms with Crippen LogP contribution in [0.1, 0.15) is 5.56 Å². The number of pyridine rings is 2. The summed E-state index contributed by atoms with van der Waals surface area (Å²) in [6, 6.07) is 42.6. The molecule has 4 nitrogen and oxygen atoms in total. The van der Waals surface area contributed by atoms with Gasteiger partial charge in [-0.25, -0.2) is 0 Å². The van der Waals surface area contributed by atoms with E-state index in [1.807, 2.05) is 92.0 Å². The molecule has 2 aromatic heterocycles. The zero-order chi connectivity index (χ0) is 26.9. The first-order valence-corrected chi connectivity index (χ1v) is 13.2. The Morgan fingerprint density at radius 3 is 2.07 bits per heavy atom. The third-order valence-corrected chi connectivity index (χ3v) is 7.08. The van der Waals surface area contributed by atoms with Crippen molar-refractivity contribution in [1.29, 1.82) is 0 Å². The van der Waals surface area contributed by atoms with Gasteiger partial charge in [-0.15, -0.1) is 48.0 Å². The van der Waals surface area contributed by atoms with Gasteiger partial charge in [0.05, 0.1) is 0 Å². The zero-order valence-electron chi connectivity index (χ0n) is 22.2. The molecule has 41 heavy (non-hydrogen) atoms. The monoisotopic (exact) mass is 707 g/mol. The molecule has 0 N–H and O–H groups in total. The summed E-state index contributed by atoms with van der Waals surface area (Å²) in [5.74, 6) is 3.34. The van der Waals surface area contributed by atoms with Gasteiger partial charge in [0.2, 0.25) is 6.71 Å². The van der Waals surface area contributed by atoms with Crippen LogP contribution in [0.2, 0.25) is 0 Å². The van der Waals surface area contributed by atoms with E-state index in [4.69, 9.17) is 9.47 Å². The minimum absolute atomic E-state index is 0. The van der Waals surface area contributed by atoms with E-state index in [1.54, 1.807) is 6.20 Å². The van der Waals surface area contributed by atoms with Gasteiger partial charge in [-0.3, -0.25) is 0 Å². The third kappa shape index (κ3) is 5.08. The molecule has 4 heterocycles. The van der Waals surface area contributed by atoms with Gasteiger partial charge in [-0.1, -0.05) is 71.7 Å². The van der Waals surface area contributed by atoms with Crippen LogP contribution in [0.25, 0.3) is 22.5 Å². The molecule has 0 amide bonds. The van der Waals surface area contributed by atoms with Crippen LogP contribution in [0.4, 0.5) is 0 Å². The standard InChI is InChI=1S/C24H15BNO2.C11H8N.Ir/c1-15-10-12-19(26-14-15)16-11-13-22-23-24(16)28-21-9-5-3-7-18(21)25(23)17-6-2-4-8-20(17)27-22;1-2-6-10(7-3-1)11-8-4-5-9-12-11;/h2-10,12-14H,1H3;1-6,8-9H;/q2*-1;. The Morgan fingerprint density at radius 2 is 1.39 bits per heavy atom. The predicted molar refractivity (Wildman–Crippen MR) is 159 cm³/mol. The van der Waals surface area contributed by atoms with Crippen LogP contribution in [0, 0.1) is 19.1 Å². The van der Waals surface area contributed by atoms with E-state index in [2.05, 4.69) is 52.4 Å². The summed E-state index contributed by atoms with van der Waals surface area (Å²) >= 11 is 0. The molecule has 6 aromatic rings. The van der Waals surface area contributed by atoms with E-state index in [0.717, 1.165) is 67.5 Å². The second-order valence-electron chi connectivity index (χ2n) is 9.70. The number of nitrogens with zero attached hydrogens (tertiary/aromatic N) is 2. The van der Waals surface area contributed by atoms with Crippen molar-refractivity contribution in [2.45, 2.75) is 6.92 Å². The average molecular weight is 707 g/mol. The van der Waals surface area contributed by atoms with Gasteiger partial charge in [-0.05, 0) is 53.0 Å². The molecule has 8 rings (SSSR count). The molecule has 6 heteroatoms. The zero-order valence-corrected chi connectivity index (χ0v) is 24.6. The van der Waals surface area contributed by atoms with Crippen LogP contribution in [0.5, 0.6) is 23.0 Å². The summed E-state index contributed by atoms with van der Waals surface area (Å²) in [6.07, 6.45) is 3.66. The van der Waals surface area contributed by atoms with Gasteiger partial charge in [0, 0.05) is 44.0 Å². The van der Waals surface area contributed by atoms with Crippen LogP contribution in [-0.4, -0.2) is 16.7 Å². The molecule has 0 spiro atoms. The fourth-order valence-electron chi connectivity index (χ4n) is 5.20. The molecule has 0 saturated carbocycles. The SMILES string of the molecule is Cc1ccc(-c2[c-]cc3c4c2Oc2ccccc2B4c2ccccc2O3)nc1.[Ir].[c-]1ccccc1-c1ccccn1. The second kappa shape index (κ2) is 11.5. The van der Waals surface area contributed by atoms with Crippen molar-refractivity contribution in [3.8, 4) is 45.5 Å². The quantitative estimate of drug-likeness (QED) is 0.160. The Kier molecular flexibility index (Phi) is 7.52. The fourth-order valence-corrected chi connectivity index (χ4v) is 5.20. The molecule has 4 aromatic carbocycles. The maximum Gasteiger partial charge on any atom is 0.239 e. The first-order valence-electron chi connectivity index (χ1n) is 13.2. The molecule has 199 valence electrons. The Labute approximate surface area is 253 Å². The van der Waals surface area contributed by atoms with E-state index >= 15 is 0 Å². The summed E-state index contributed by atoms with van der Waals surface area (Å²) in [6.45, 7) is 2.10. The van der Waals surface area contributed by atoms with Crippen molar-refractivity contribution in [2.75, 3.05) is 0 Å². The third-order valence-electron chi connectivity index (χ3n) is 7.08. The first-order chi connectivity index (χ1) is 19.8. The number of aryl methyl sites for hydroxylation is 1. The van der Waals surface area contributed by atoms with Crippen molar-refractivity contribution in [3.63, 3.8) is 0 Å². The summed E-state index contributed by atoms with van der Waals surface area (Å²) < 4.78 is 12.6. The van der Waals surface area contributed by atoms with Gasteiger partial charge in [0.1, 0.15) is 11.5 Å². The van der Waals surface area contributed by atoms with Crippen molar-refractivity contribution in [1.82, 2.24) is 9.97 Å². The number of rotatable bonds is 2. The van der Waals surface area contributed by atoms with E-state index in [0.29, 0.717) is 0 Å². The Morgan fingerprint density at radius 1 is 0.659 bits per heavy atom. The smallest absolute Gasteiger partial charge is 0.239 e. The number of para-hydroxylation sites is 2. The first kappa shape index (κ1) is 26.7. The molecular weight excluding hydrogens is 683 g/mol. The summed E-state index contributed by atoms with van der Waals surface area (Å²) in [7, 11) is 0. The van der Waals surface area contributed by atoms with E-state index in [1.165, 1.54) is 0 Å². The summed E-state index contributed by atoms with van der Waals surface area (Å²) in [4.78, 5) is 8.82. The minimum Gasteiger partial charge on any atom is -0.503 e. The maximum atomic E-state index is 6.40. The largest absolute Gasteiger partial charge is 0.503 e. The maximum absolute atomic E-state index is 6.40. The number of hydrogen-bond acceptors (Lipinski definition) is 4. The van der Waals surface area contributed by atoms with E-state index < -0.39 is 0 Å². The molecule has 0 saturated heterocycles. The van der Waals surface area contributed by atoms with Crippen molar-refractivity contribution < 1.29 is 29.6 Å². The summed E-state index contributed by atoms with van der Waals surface area (Å²) in [5.41, 5.74) is 8.20. The van der Waals surface area contributed by atoms with Gasteiger partial charge < -0.3 is 19.4 Å². The number of ether oxygens (including phenoxy) is 2. The molecule has 0 aliphatic carbocycles. The molecule has 2 aliphatic rings. The molecule has 0 atom stereocenters. The average Bonchev–Trinajstić information content (AvgIpc) is 3.03. The fraction of sp³-hybridized carbons (Fsp3) is 0.0286. The van der Waals surface area contributed by atoms with Crippen LogP contribution < -0.4 is 25.9 Å². The van der Waals surface area contributed by atoms with Crippen molar-refractivity contribution in [2.24, 2.45) is 0 Å². The predicted octanol–water partition coefficient (Wildman–Crippen LogP) is 6.13. The van der Waals surface area contributed by atoms with Gasteiger partial charge in [0.25, 0.3) is 0 Å². The van der Waals surface area contributed by atoms with Crippen LogP contribution >= 0.6 is 0 Å². The normalized spacial score (nSPS) is 11.7. The van der Waals surface area contributed by atoms with Gasteiger partial charge in [-0.2, -0.15) is 0 Å². The number of aromatic nitrogens is 2. The molecule has 2 aliphatic heterocycles. The number of hydrogen-bond donors (Lipinski definition) is 0. The van der Waals surface area contributed by atoms with Gasteiger partial charge in [0.15, 0.2) is 0 Å². The Bertz CT molecular complexity index is 1760. The number of fused-ring (bicyclic) bond motifs is 4. The molecule has 1 radical (unpaired) electrons. The molecular formula is C35H23BIrN2O2-2. The van der Waals surface area contributed by atoms with Crippen molar-refractivity contribution in [3.05, 3.63) is 139 Å². The van der Waals surface area contributed by atoms with E-state index in [-0.39, 0.29) is 26.8 Å². The Hall–Kier alpha value is -4.51. The van der Waals surface area contributed by atoms with Crippen LogP contribution in [-0.2, 0) is 20.1 Å². The van der Waals surface area contributed by atoms with Crippen LogP contribution in [0.3, 0.4) is 0 Å². The van der Waals surface area contributed by atoms with Crippen molar-refractivity contribution >= 4 is 23.1 Å². The molecule has 0 fully saturated rings. The second-order valence-corrected chi connectivity index (χ2v) is 9.70. The molecule has 0 bridgehead atoms.